The SMILES string of the molecule is COc1cccc(C(C)F)c1CN1CCNCC1. The van der Waals surface area contributed by atoms with Crippen molar-refractivity contribution in [3.63, 3.8) is 0 Å². The lowest BCUT2D eigenvalue weighted by Gasteiger charge is -2.28. The maximum atomic E-state index is 13.7. The van der Waals surface area contributed by atoms with Crippen molar-refractivity contribution in [1.82, 2.24) is 10.2 Å². The molecule has 1 aromatic carbocycles. The molecule has 2 rings (SSSR count). The number of benzene rings is 1. The number of nitrogens with zero attached hydrogens (tertiary/aromatic N) is 1. The fourth-order valence-electron chi connectivity index (χ4n) is 2.41. The van der Waals surface area contributed by atoms with Gasteiger partial charge in [0.1, 0.15) is 11.9 Å². The first-order valence-corrected chi connectivity index (χ1v) is 6.45. The molecule has 1 aromatic rings. The Hall–Kier alpha value is -1.13. The summed E-state index contributed by atoms with van der Waals surface area (Å²) in [7, 11) is 1.64. The molecule has 1 aliphatic heterocycles. The Morgan fingerprint density at radius 1 is 1.39 bits per heavy atom. The number of hydrogen-bond donors (Lipinski definition) is 1. The monoisotopic (exact) mass is 252 g/mol. The highest BCUT2D eigenvalue weighted by molar-refractivity contribution is 5.41. The predicted molar refractivity (Wildman–Crippen MR) is 70.7 cm³/mol. The molecule has 0 spiro atoms. The number of alkyl halides is 1. The molecule has 1 fully saturated rings. The molecule has 0 saturated carbocycles. The maximum Gasteiger partial charge on any atom is 0.123 e. The second-order valence-corrected chi connectivity index (χ2v) is 4.67. The molecule has 0 bridgehead atoms. The van der Waals surface area contributed by atoms with Crippen LogP contribution in [0, 0.1) is 0 Å². The molecule has 100 valence electrons. The fourth-order valence-corrected chi connectivity index (χ4v) is 2.41. The van der Waals surface area contributed by atoms with E-state index in [-0.39, 0.29) is 0 Å². The lowest BCUT2D eigenvalue weighted by Crippen LogP contribution is -2.43. The molecule has 0 aliphatic carbocycles. The maximum absolute atomic E-state index is 13.7. The van der Waals surface area contributed by atoms with Crippen LogP contribution in [0.25, 0.3) is 0 Å². The van der Waals surface area contributed by atoms with Crippen LogP contribution in [0.4, 0.5) is 4.39 Å². The van der Waals surface area contributed by atoms with E-state index in [0.717, 1.165) is 49.6 Å². The van der Waals surface area contributed by atoms with E-state index < -0.39 is 6.17 Å². The van der Waals surface area contributed by atoms with Gasteiger partial charge in [0.25, 0.3) is 0 Å². The van der Waals surface area contributed by atoms with E-state index in [1.807, 2.05) is 18.2 Å². The van der Waals surface area contributed by atoms with Gasteiger partial charge in [-0.15, -0.1) is 0 Å². The molecule has 1 N–H and O–H groups in total. The zero-order valence-electron chi connectivity index (χ0n) is 11.1. The zero-order chi connectivity index (χ0) is 13.0. The first-order valence-electron chi connectivity index (χ1n) is 6.45. The van der Waals surface area contributed by atoms with Crippen LogP contribution in [-0.2, 0) is 6.54 Å². The smallest absolute Gasteiger partial charge is 0.123 e. The van der Waals surface area contributed by atoms with E-state index in [4.69, 9.17) is 4.74 Å². The van der Waals surface area contributed by atoms with Crippen LogP contribution in [0.1, 0.15) is 24.2 Å². The van der Waals surface area contributed by atoms with Crippen LogP contribution in [-0.4, -0.2) is 38.2 Å². The average Bonchev–Trinajstić information content (AvgIpc) is 2.40. The first-order chi connectivity index (χ1) is 8.72. The summed E-state index contributed by atoms with van der Waals surface area (Å²) in [5.41, 5.74) is 1.73. The number of nitrogens with one attached hydrogen (secondary N) is 1. The van der Waals surface area contributed by atoms with Crippen LogP contribution in [0.2, 0.25) is 0 Å². The standard InChI is InChI=1S/C14H21FN2O/c1-11(15)12-4-3-5-14(18-2)13(12)10-17-8-6-16-7-9-17/h3-5,11,16H,6-10H2,1-2H3. The molecule has 4 heteroatoms. The van der Waals surface area contributed by atoms with Crippen LogP contribution in [0.15, 0.2) is 18.2 Å². The van der Waals surface area contributed by atoms with Crippen molar-refractivity contribution in [2.75, 3.05) is 33.3 Å². The van der Waals surface area contributed by atoms with Gasteiger partial charge in [0.05, 0.1) is 7.11 Å². The van der Waals surface area contributed by atoms with Gasteiger partial charge in [0.2, 0.25) is 0 Å². The van der Waals surface area contributed by atoms with Gasteiger partial charge in [0, 0.05) is 38.3 Å². The lowest BCUT2D eigenvalue weighted by molar-refractivity contribution is 0.227. The largest absolute Gasteiger partial charge is 0.496 e. The summed E-state index contributed by atoms with van der Waals surface area (Å²) in [6, 6.07) is 5.61. The third-order valence-corrected chi connectivity index (χ3v) is 3.41. The molecule has 1 atom stereocenters. The van der Waals surface area contributed by atoms with Crippen molar-refractivity contribution in [2.45, 2.75) is 19.6 Å². The number of piperazine rings is 1. The van der Waals surface area contributed by atoms with Crippen LogP contribution >= 0.6 is 0 Å². The predicted octanol–water partition coefficient (Wildman–Crippen LogP) is 2.13. The van der Waals surface area contributed by atoms with Crippen molar-refractivity contribution >= 4 is 0 Å². The van der Waals surface area contributed by atoms with Gasteiger partial charge in [-0.05, 0) is 18.6 Å². The van der Waals surface area contributed by atoms with Gasteiger partial charge >= 0.3 is 0 Å². The first kappa shape index (κ1) is 13.3. The van der Waals surface area contributed by atoms with E-state index in [0.29, 0.717) is 0 Å². The Labute approximate surface area is 108 Å². The van der Waals surface area contributed by atoms with Gasteiger partial charge in [0.15, 0.2) is 0 Å². The van der Waals surface area contributed by atoms with Gasteiger partial charge in [-0.25, -0.2) is 4.39 Å². The Morgan fingerprint density at radius 3 is 2.72 bits per heavy atom. The highest BCUT2D eigenvalue weighted by Crippen LogP contribution is 2.29. The van der Waals surface area contributed by atoms with Gasteiger partial charge in [-0.3, -0.25) is 4.90 Å². The number of ether oxygens (including phenoxy) is 1. The van der Waals surface area contributed by atoms with Crippen molar-refractivity contribution < 1.29 is 9.13 Å². The summed E-state index contributed by atoms with van der Waals surface area (Å²) >= 11 is 0. The summed E-state index contributed by atoms with van der Waals surface area (Å²) in [6.07, 6.45) is -0.960. The summed E-state index contributed by atoms with van der Waals surface area (Å²) in [4.78, 5) is 2.33. The minimum Gasteiger partial charge on any atom is -0.496 e. The summed E-state index contributed by atoms with van der Waals surface area (Å²) in [6.45, 7) is 6.33. The fraction of sp³-hybridized carbons (Fsp3) is 0.571. The molecule has 1 unspecified atom stereocenters. The van der Waals surface area contributed by atoms with Gasteiger partial charge < -0.3 is 10.1 Å². The van der Waals surface area contributed by atoms with Crippen molar-refractivity contribution in [1.29, 1.82) is 0 Å². The number of hydrogen-bond acceptors (Lipinski definition) is 3. The van der Waals surface area contributed by atoms with Crippen molar-refractivity contribution in [3.8, 4) is 5.75 Å². The molecule has 0 amide bonds. The number of halogens is 1. The minimum absolute atomic E-state index is 0.743. The van der Waals surface area contributed by atoms with E-state index in [9.17, 15) is 4.39 Å². The minimum atomic E-state index is -0.960. The highest BCUT2D eigenvalue weighted by Gasteiger charge is 2.18. The van der Waals surface area contributed by atoms with Crippen LogP contribution in [0.3, 0.4) is 0 Å². The summed E-state index contributed by atoms with van der Waals surface area (Å²) in [5.74, 6) is 0.788. The summed E-state index contributed by atoms with van der Waals surface area (Å²) in [5, 5.41) is 3.32. The third kappa shape index (κ3) is 3.00. The Morgan fingerprint density at radius 2 is 2.11 bits per heavy atom. The van der Waals surface area contributed by atoms with Gasteiger partial charge in [-0.1, -0.05) is 12.1 Å². The van der Waals surface area contributed by atoms with E-state index in [1.54, 1.807) is 14.0 Å². The number of rotatable bonds is 4. The van der Waals surface area contributed by atoms with E-state index in [1.165, 1.54) is 0 Å². The molecule has 1 saturated heterocycles. The summed E-state index contributed by atoms with van der Waals surface area (Å²) < 4.78 is 19.0. The Bertz CT molecular complexity index is 389. The molecular weight excluding hydrogens is 231 g/mol. The molecular formula is C14H21FN2O. The van der Waals surface area contributed by atoms with Crippen LogP contribution in [0.5, 0.6) is 5.75 Å². The normalized spacial score (nSPS) is 18.6. The van der Waals surface area contributed by atoms with E-state index in [2.05, 4.69) is 10.2 Å². The molecule has 3 nitrogen and oxygen atoms in total. The molecule has 18 heavy (non-hydrogen) atoms. The second-order valence-electron chi connectivity index (χ2n) is 4.67. The highest BCUT2D eigenvalue weighted by atomic mass is 19.1. The second kappa shape index (κ2) is 6.16. The van der Waals surface area contributed by atoms with Crippen molar-refractivity contribution in [2.24, 2.45) is 0 Å². The van der Waals surface area contributed by atoms with E-state index >= 15 is 0 Å². The molecule has 1 aliphatic rings. The van der Waals surface area contributed by atoms with Crippen molar-refractivity contribution in [3.05, 3.63) is 29.3 Å². The topological polar surface area (TPSA) is 24.5 Å². The van der Waals surface area contributed by atoms with Crippen LogP contribution < -0.4 is 10.1 Å². The number of methoxy groups -OCH3 is 1. The third-order valence-electron chi connectivity index (χ3n) is 3.41. The Kier molecular flexibility index (Phi) is 4.55. The Balaban J connectivity index is 2.22. The molecule has 0 aromatic heterocycles. The lowest BCUT2D eigenvalue weighted by atomic mass is 10.0. The molecule has 0 radical (unpaired) electrons. The van der Waals surface area contributed by atoms with Gasteiger partial charge in [-0.2, -0.15) is 0 Å². The average molecular weight is 252 g/mol. The quantitative estimate of drug-likeness (QED) is 0.888. The molecule has 1 heterocycles. The zero-order valence-corrected chi connectivity index (χ0v) is 11.1.